The van der Waals surface area contributed by atoms with Gasteiger partial charge in [0.15, 0.2) is 0 Å². The van der Waals surface area contributed by atoms with Gasteiger partial charge in [-0.3, -0.25) is 0 Å². The summed E-state index contributed by atoms with van der Waals surface area (Å²) in [5.74, 6) is 1.34. The average molecular weight is 342 g/mol. The summed E-state index contributed by atoms with van der Waals surface area (Å²) in [6, 6.07) is 10.3. The molecule has 92 valence electrons. The van der Waals surface area contributed by atoms with Crippen LogP contribution in [0.15, 0.2) is 40.2 Å². The molecular weight excluding hydrogens is 332 g/mol. The number of halogens is 2. The van der Waals surface area contributed by atoms with Gasteiger partial charge in [-0.1, -0.05) is 22.0 Å². The quantitative estimate of drug-likeness (QED) is 0.634. The van der Waals surface area contributed by atoms with Crippen LogP contribution in [-0.4, -0.2) is 9.55 Å². The number of fused-ring (bicyclic) bond motifs is 1. The lowest BCUT2D eigenvalue weighted by Crippen LogP contribution is -2.02. The zero-order chi connectivity index (χ0) is 12.5. The molecule has 0 saturated heterocycles. The van der Waals surface area contributed by atoms with E-state index in [0.717, 1.165) is 27.9 Å². The SMILES string of the molecule is ClCc1nc2ccc(Br)cc2n1Cc1cccs1. The minimum Gasteiger partial charge on any atom is -0.322 e. The minimum absolute atomic E-state index is 0.428. The van der Waals surface area contributed by atoms with E-state index in [-0.39, 0.29) is 0 Å². The van der Waals surface area contributed by atoms with Crippen LogP contribution in [0.25, 0.3) is 11.0 Å². The van der Waals surface area contributed by atoms with E-state index in [2.05, 4.69) is 49.1 Å². The molecule has 0 spiro atoms. The van der Waals surface area contributed by atoms with E-state index in [1.807, 2.05) is 12.1 Å². The number of hydrogen-bond acceptors (Lipinski definition) is 2. The summed E-state index contributed by atoms with van der Waals surface area (Å²) in [5, 5.41) is 2.09. The van der Waals surface area contributed by atoms with Crippen molar-refractivity contribution in [2.45, 2.75) is 12.4 Å². The molecule has 3 aromatic rings. The number of nitrogens with zero attached hydrogens (tertiary/aromatic N) is 2. The van der Waals surface area contributed by atoms with Crippen LogP contribution in [0.5, 0.6) is 0 Å². The fraction of sp³-hybridized carbons (Fsp3) is 0.154. The highest BCUT2D eigenvalue weighted by Crippen LogP contribution is 2.24. The van der Waals surface area contributed by atoms with Gasteiger partial charge in [-0.2, -0.15) is 0 Å². The molecular formula is C13H10BrClN2S. The number of imidazole rings is 1. The smallest absolute Gasteiger partial charge is 0.125 e. The van der Waals surface area contributed by atoms with E-state index in [1.165, 1.54) is 4.88 Å². The van der Waals surface area contributed by atoms with Gasteiger partial charge in [0.2, 0.25) is 0 Å². The van der Waals surface area contributed by atoms with Crippen molar-refractivity contribution in [2.75, 3.05) is 0 Å². The molecule has 0 N–H and O–H groups in total. The van der Waals surface area contributed by atoms with Gasteiger partial charge in [0.1, 0.15) is 5.82 Å². The first-order valence-corrected chi connectivity index (χ1v) is 7.71. The van der Waals surface area contributed by atoms with Crippen LogP contribution >= 0.6 is 38.9 Å². The number of thiophene rings is 1. The van der Waals surface area contributed by atoms with Crippen LogP contribution in [0.3, 0.4) is 0 Å². The van der Waals surface area contributed by atoms with Gasteiger partial charge < -0.3 is 4.57 Å². The Bertz CT molecular complexity index is 676. The van der Waals surface area contributed by atoms with Crippen LogP contribution in [0.2, 0.25) is 0 Å². The fourth-order valence-electron chi connectivity index (χ4n) is 1.98. The van der Waals surface area contributed by atoms with Crippen molar-refractivity contribution >= 4 is 49.9 Å². The summed E-state index contributed by atoms with van der Waals surface area (Å²) in [5.41, 5.74) is 2.11. The standard InChI is InChI=1S/C13H10BrClN2S/c14-9-3-4-11-12(6-9)17(13(7-15)16-11)8-10-2-1-5-18-10/h1-6H,7-8H2. The number of alkyl halides is 1. The van der Waals surface area contributed by atoms with Crippen molar-refractivity contribution in [3.05, 3.63) is 50.9 Å². The van der Waals surface area contributed by atoms with Crippen molar-refractivity contribution < 1.29 is 0 Å². The second-order valence-corrected chi connectivity index (χ2v) is 6.18. The maximum absolute atomic E-state index is 5.99. The normalized spacial score (nSPS) is 11.2. The van der Waals surface area contributed by atoms with Crippen LogP contribution in [0.1, 0.15) is 10.7 Å². The average Bonchev–Trinajstić information content (AvgIpc) is 2.98. The molecule has 0 saturated carbocycles. The molecule has 18 heavy (non-hydrogen) atoms. The van der Waals surface area contributed by atoms with Gasteiger partial charge in [0.05, 0.1) is 23.5 Å². The highest BCUT2D eigenvalue weighted by atomic mass is 79.9. The van der Waals surface area contributed by atoms with Crippen molar-refractivity contribution in [3.8, 4) is 0 Å². The topological polar surface area (TPSA) is 17.8 Å². The Morgan fingerprint density at radius 3 is 2.94 bits per heavy atom. The summed E-state index contributed by atoms with van der Waals surface area (Å²) in [6.07, 6.45) is 0. The predicted molar refractivity (Wildman–Crippen MR) is 80.4 cm³/mol. The van der Waals surface area contributed by atoms with Crippen LogP contribution in [0.4, 0.5) is 0 Å². The van der Waals surface area contributed by atoms with Gasteiger partial charge in [-0.05, 0) is 29.6 Å². The van der Waals surface area contributed by atoms with E-state index in [9.17, 15) is 0 Å². The molecule has 0 aliphatic carbocycles. The molecule has 1 aromatic carbocycles. The molecule has 0 unspecified atom stereocenters. The van der Waals surface area contributed by atoms with E-state index in [4.69, 9.17) is 11.6 Å². The van der Waals surface area contributed by atoms with E-state index in [1.54, 1.807) is 11.3 Å². The monoisotopic (exact) mass is 340 g/mol. The van der Waals surface area contributed by atoms with Gasteiger partial charge >= 0.3 is 0 Å². The largest absolute Gasteiger partial charge is 0.322 e. The molecule has 0 aliphatic rings. The van der Waals surface area contributed by atoms with Crippen LogP contribution in [-0.2, 0) is 12.4 Å². The summed E-state index contributed by atoms with van der Waals surface area (Å²) in [6.45, 7) is 0.826. The summed E-state index contributed by atoms with van der Waals surface area (Å²) < 4.78 is 3.24. The molecule has 2 nitrogen and oxygen atoms in total. The molecule has 0 aliphatic heterocycles. The zero-order valence-corrected chi connectivity index (χ0v) is 12.6. The Morgan fingerprint density at radius 1 is 1.33 bits per heavy atom. The molecule has 2 aromatic heterocycles. The number of aromatic nitrogens is 2. The molecule has 3 rings (SSSR count). The molecule has 0 fully saturated rings. The van der Waals surface area contributed by atoms with Gasteiger partial charge in [0, 0.05) is 9.35 Å². The van der Waals surface area contributed by atoms with Crippen molar-refractivity contribution in [1.29, 1.82) is 0 Å². The Labute approximate surface area is 122 Å². The second-order valence-electron chi connectivity index (χ2n) is 3.96. The predicted octanol–water partition coefficient (Wildman–Crippen LogP) is 4.65. The van der Waals surface area contributed by atoms with Gasteiger partial charge in [-0.15, -0.1) is 22.9 Å². The number of benzene rings is 1. The highest BCUT2D eigenvalue weighted by molar-refractivity contribution is 9.10. The molecule has 0 radical (unpaired) electrons. The molecule has 5 heteroatoms. The molecule has 0 bridgehead atoms. The van der Waals surface area contributed by atoms with Crippen molar-refractivity contribution in [3.63, 3.8) is 0 Å². The zero-order valence-electron chi connectivity index (χ0n) is 9.44. The van der Waals surface area contributed by atoms with Gasteiger partial charge in [-0.25, -0.2) is 4.98 Å². The maximum Gasteiger partial charge on any atom is 0.125 e. The molecule has 0 amide bonds. The first kappa shape index (κ1) is 12.2. The van der Waals surface area contributed by atoms with Gasteiger partial charge in [0.25, 0.3) is 0 Å². The Kier molecular flexibility index (Phi) is 3.41. The van der Waals surface area contributed by atoms with E-state index < -0.39 is 0 Å². The maximum atomic E-state index is 5.99. The van der Waals surface area contributed by atoms with Crippen LogP contribution in [0, 0.1) is 0 Å². The third-order valence-electron chi connectivity index (χ3n) is 2.80. The number of rotatable bonds is 3. The minimum atomic E-state index is 0.428. The second kappa shape index (κ2) is 5.03. The number of hydrogen-bond donors (Lipinski definition) is 0. The van der Waals surface area contributed by atoms with E-state index >= 15 is 0 Å². The first-order chi connectivity index (χ1) is 8.78. The summed E-state index contributed by atoms with van der Waals surface area (Å²) in [7, 11) is 0. The summed E-state index contributed by atoms with van der Waals surface area (Å²) in [4.78, 5) is 5.87. The lowest BCUT2D eigenvalue weighted by Gasteiger charge is -2.06. The van der Waals surface area contributed by atoms with Crippen molar-refractivity contribution in [1.82, 2.24) is 9.55 Å². The lowest BCUT2D eigenvalue weighted by molar-refractivity contribution is 0.789. The Morgan fingerprint density at radius 2 is 2.22 bits per heavy atom. The highest BCUT2D eigenvalue weighted by Gasteiger charge is 2.11. The molecule has 0 atom stereocenters. The summed E-state index contributed by atoms with van der Waals surface area (Å²) >= 11 is 11.2. The third kappa shape index (κ3) is 2.20. The van der Waals surface area contributed by atoms with E-state index in [0.29, 0.717) is 5.88 Å². The fourth-order valence-corrected chi connectivity index (χ4v) is 3.23. The lowest BCUT2D eigenvalue weighted by atomic mass is 10.3. The Balaban J connectivity index is 2.15. The third-order valence-corrected chi connectivity index (χ3v) is 4.40. The van der Waals surface area contributed by atoms with Crippen molar-refractivity contribution in [2.24, 2.45) is 0 Å². The van der Waals surface area contributed by atoms with Crippen LogP contribution < -0.4 is 0 Å². The Hall–Kier alpha value is -0.840. The first-order valence-electron chi connectivity index (χ1n) is 5.51. The molecule has 2 heterocycles.